The second kappa shape index (κ2) is 11.1. The first-order valence-electron chi connectivity index (χ1n) is 10.5. The van der Waals surface area contributed by atoms with Crippen molar-refractivity contribution in [1.29, 1.82) is 0 Å². The van der Waals surface area contributed by atoms with Crippen LogP contribution in [0.1, 0.15) is 67.3 Å². The molecule has 3 aliphatic carbocycles. The van der Waals surface area contributed by atoms with Gasteiger partial charge in [-0.25, -0.2) is 5.48 Å². The number of hydroxylamine groups is 1. The van der Waals surface area contributed by atoms with Gasteiger partial charge in [-0.05, 0) is 74.4 Å². The van der Waals surface area contributed by atoms with Crippen LogP contribution in [0.3, 0.4) is 0 Å². The number of carbonyl (C=O) groups excluding carboxylic acids is 1. The number of hydrogen-bond donors (Lipinski definition) is 3. The predicted octanol–water partition coefficient (Wildman–Crippen LogP) is 3.01. The van der Waals surface area contributed by atoms with Gasteiger partial charge in [0.15, 0.2) is 0 Å². The highest BCUT2D eigenvalue weighted by molar-refractivity contribution is 6.42. The quantitative estimate of drug-likeness (QED) is 0.171. The zero-order valence-electron chi connectivity index (χ0n) is 17.6. The van der Waals surface area contributed by atoms with Crippen molar-refractivity contribution in [1.82, 2.24) is 5.48 Å². The minimum Gasteiger partial charge on any atom is -0.426 e. The molecule has 0 saturated heterocycles. The molecular formula is C21H33BClN3O4. The number of carbonyl (C=O) groups is 1. The van der Waals surface area contributed by atoms with E-state index in [0.29, 0.717) is 18.4 Å². The second-order valence-electron chi connectivity index (χ2n) is 8.30. The molecule has 7 nitrogen and oxygen atoms in total. The summed E-state index contributed by atoms with van der Waals surface area (Å²) < 4.78 is 10.8. The SMILES string of the molecule is COC12CCC(c3ccc(C(=O)NOB(O)CCCCN=CN)cc3)(CC1)CC2.Cl. The summed E-state index contributed by atoms with van der Waals surface area (Å²) in [7, 11) is 0.797. The molecule has 3 aliphatic rings. The molecule has 0 heterocycles. The van der Waals surface area contributed by atoms with Gasteiger partial charge in [0.05, 0.1) is 11.9 Å². The maximum absolute atomic E-state index is 12.3. The van der Waals surface area contributed by atoms with Crippen LogP contribution < -0.4 is 11.2 Å². The number of nitrogens with two attached hydrogens (primary N) is 1. The molecule has 0 aliphatic heterocycles. The monoisotopic (exact) mass is 437 g/mol. The third-order valence-corrected chi connectivity index (χ3v) is 6.75. The van der Waals surface area contributed by atoms with Crippen molar-refractivity contribution in [2.24, 2.45) is 10.7 Å². The molecule has 3 saturated carbocycles. The second-order valence-corrected chi connectivity index (χ2v) is 8.30. The number of nitrogens with zero attached hydrogens (tertiary/aromatic N) is 1. The Balaban J connectivity index is 0.00000320. The smallest absolute Gasteiger partial charge is 0.426 e. The van der Waals surface area contributed by atoms with Crippen molar-refractivity contribution in [3.8, 4) is 0 Å². The lowest BCUT2D eigenvalue weighted by Crippen LogP contribution is -2.49. The number of rotatable bonds is 10. The molecule has 0 spiro atoms. The van der Waals surface area contributed by atoms with Gasteiger partial charge < -0.3 is 15.5 Å². The van der Waals surface area contributed by atoms with Gasteiger partial charge in [-0.3, -0.25) is 14.5 Å². The van der Waals surface area contributed by atoms with Gasteiger partial charge in [0.25, 0.3) is 5.91 Å². The largest absolute Gasteiger partial charge is 0.479 e. The molecule has 1 aromatic carbocycles. The zero-order chi connectivity index (χ0) is 20.7. The number of benzene rings is 1. The summed E-state index contributed by atoms with van der Waals surface area (Å²) in [6, 6.07) is 7.81. The van der Waals surface area contributed by atoms with E-state index < -0.39 is 7.12 Å². The standard InChI is InChI=1S/C21H32BN3O4.ClH/c1-28-21-11-8-20(9-12-21,10-13-21)18-6-4-17(5-7-18)19(26)25-29-22(27)14-2-3-15-24-16-23;/h4-7,16,27H,2-3,8-15H2,1H3,(H2,23,24)(H,25,26);1H. The number of hydrogen-bond acceptors (Lipinski definition) is 5. The minimum absolute atomic E-state index is 0. The third-order valence-electron chi connectivity index (χ3n) is 6.75. The molecule has 2 bridgehead atoms. The van der Waals surface area contributed by atoms with Gasteiger partial charge in [-0.1, -0.05) is 18.6 Å². The maximum Gasteiger partial charge on any atom is 0.479 e. The Labute approximate surface area is 185 Å². The van der Waals surface area contributed by atoms with E-state index in [-0.39, 0.29) is 29.3 Å². The molecule has 30 heavy (non-hydrogen) atoms. The Morgan fingerprint density at radius 3 is 2.40 bits per heavy atom. The number of unbranched alkanes of at least 4 members (excludes halogenated alkanes) is 1. The van der Waals surface area contributed by atoms with Crippen molar-refractivity contribution >= 4 is 31.8 Å². The molecule has 0 unspecified atom stereocenters. The summed E-state index contributed by atoms with van der Waals surface area (Å²) in [6.07, 6.45) is 9.96. The lowest BCUT2D eigenvalue weighted by Gasteiger charge is -2.53. The summed E-state index contributed by atoms with van der Waals surface area (Å²) in [5.74, 6) is -0.355. The number of fused-ring (bicyclic) bond motifs is 3. The lowest BCUT2D eigenvalue weighted by atomic mass is 9.56. The Bertz CT molecular complexity index is 692. The van der Waals surface area contributed by atoms with E-state index in [1.165, 1.54) is 11.9 Å². The van der Waals surface area contributed by atoms with Crippen LogP contribution in [0.15, 0.2) is 29.3 Å². The van der Waals surface area contributed by atoms with Crippen LogP contribution in [0.4, 0.5) is 0 Å². The van der Waals surface area contributed by atoms with E-state index in [4.69, 9.17) is 15.2 Å². The van der Waals surface area contributed by atoms with E-state index in [1.54, 1.807) is 0 Å². The highest BCUT2D eigenvalue weighted by atomic mass is 35.5. The van der Waals surface area contributed by atoms with Gasteiger partial charge in [-0.2, -0.15) is 0 Å². The lowest BCUT2D eigenvalue weighted by molar-refractivity contribution is -0.0955. The number of methoxy groups -OCH3 is 1. The molecule has 4 rings (SSSR count). The molecule has 9 heteroatoms. The van der Waals surface area contributed by atoms with Crippen molar-refractivity contribution in [2.45, 2.75) is 68.7 Å². The molecule has 4 N–H and O–H groups in total. The Kier molecular flexibility index (Phi) is 9.16. The van der Waals surface area contributed by atoms with Crippen molar-refractivity contribution in [2.75, 3.05) is 13.7 Å². The van der Waals surface area contributed by atoms with Crippen LogP contribution in [-0.4, -0.2) is 43.6 Å². The van der Waals surface area contributed by atoms with Crippen LogP contribution in [0, 0.1) is 0 Å². The molecule has 1 amide bonds. The molecule has 0 atom stereocenters. The van der Waals surface area contributed by atoms with Crippen molar-refractivity contribution in [3.63, 3.8) is 0 Å². The van der Waals surface area contributed by atoms with Crippen LogP contribution >= 0.6 is 12.4 Å². The van der Waals surface area contributed by atoms with E-state index in [9.17, 15) is 9.82 Å². The summed E-state index contributed by atoms with van der Waals surface area (Å²) in [4.78, 5) is 16.2. The first-order valence-corrected chi connectivity index (χ1v) is 10.5. The number of aliphatic imine (C=N–C) groups is 1. The fourth-order valence-corrected chi connectivity index (χ4v) is 4.70. The number of amides is 1. The van der Waals surface area contributed by atoms with Gasteiger partial charge in [0.2, 0.25) is 0 Å². The van der Waals surface area contributed by atoms with Gasteiger partial charge >= 0.3 is 7.12 Å². The highest BCUT2D eigenvalue weighted by Crippen LogP contribution is 2.54. The molecule has 0 radical (unpaired) electrons. The van der Waals surface area contributed by atoms with E-state index in [2.05, 4.69) is 22.6 Å². The van der Waals surface area contributed by atoms with E-state index in [1.807, 2.05) is 19.2 Å². The average molecular weight is 438 g/mol. The average Bonchev–Trinajstić information content (AvgIpc) is 2.78. The van der Waals surface area contributed by atoms with Crippen molar-refractivity contribution in [3.05, 3.63) is 35.4 Å². The van der Waals surface area contributed by atoms with Gasteiger partial charge in [0.1, 0.15) is 0 Å². The van der Waals surface area contributed by atoms with Crippen LogP contribution in [-0.2, 0) is 14.9 Å². The predicted molar refractivity (Wildman–Crippen MR) is 121 cm³/mol. The minimum atomic E-state index is -1.04. The van der Waals surface area contributed by atoms with Crippen LogP contribution in [0.2, 0.25) is 6.32 Å². The van der Waals surface area contributed by atoms with Crippen LogP contribution in [0.5, 0.6) is 0 Å². The number of halogens is 1. The fourth-order valence-electron chi connectivity index (χ4n) is 4.70. The molecule has 166 valence electrons. The van der Waals surface area contributed by atoms with Gasteiger partial charge in [0, 0.05) is 19.2 Å². The molecule has 1 aromatic rings. The first kappa shape index (κ1) is 24.7. The maximum atomic E-state index is 12.3. The molecule has 0 aromatic heterocycles. The number of ether oxygens (including phenoxy) is 1. The third kappa shape index (κ3) is 5.75. The summed E-state index contributed by atoms with van der Waals surface area (Å²) in [5, 5.41) is 9.82. The van der Waals surface area contributed by atoms with E-state index in [0.717, 1.165) is 51.4 Å². The summed E-state index contributed by atoms with van der Waals surface area (Å²) in [5.41, 5.74) is 9.65. The Hall–Kier alpha value is -1.61. The Morgan fingerprint density at radius 2 is 1.83 bits per heavy atom. The zero-order valence-corrected chi connectivity index (χ0v) is 18.5. The Morgan fingerprint density at radius 1 is 1.20 bits per heavy atom. The summed E-state index contributed by atoms with van der Waals surface area (Å²) >= 11 is 0. The number of nitrogens with one attached hydrogen (secondary N) is 1. The highest BCUT2D eigenvalue weighted by Gasteiger charge is 2.49. The molecular weight excluding hydrogens is 405 g/mol. The summed E-state index contributed by atoms with van der Waals surface area (Å²) in [6.45, 7) is 0.621. The van der Waals surface area contributed by atoms with Crippen LogP contribution in [0.25, 0.3) is 0 Å². The molecule has 3 fully saturated rings. The van der Waals surface area contributed by atoms with Gasteiger partial charge in [-0.15, -0.1) is 12.4 Å². The van der Waals surface area contributed by atoms with Crippen molar-refractivity contribution < 1.29 is 19.3 Å². The normalized spacial score (nSPS) is 25.1. The first-order chi connectivity index (χ1) is 14.0. The van der Waals surface area contributed by atoms with E-state index >= 15 is 0 Å². The fraction of sp³-hybridized carbons (Fsp3) is 0.619. The topological polar surface area (TPSA) is 106 Å².